The molecule has 0 aromatic carbocycles. The standard InChI is InChI=1S/C6H10/c1-3-5-6-4-2/h1H,4-6H2,2H3/i1D,5D2,6D. The molecule has 0 aliphatic rings. The van der Waals surface area contributed by atoms with Gasteiger partial charge in [-0.15, -0.1) is 12.3 Å². The van der Waals surface area contributed by atoms with Crippen LogP contribution in [0.1, 0.15) is 31.6 Å². The summed E-state index contributed by atoms with van der Waals surface area (Å²) in [6.07, 6.45) is -0.519. The van der Waals surface area contributed by atoms with E-state index < -0.39 is 12.8 Å². The van der Waals surface area contributed by atoms with Crippen molar-refractivity contribution in [1.29, 1.82) is 0 Å². The average Bonchev–Trinajstić information content (AvgIpc) is 1.86. The van der Waals surface area contributed by atoms with Crippen molar-refractivity contribution in [1.82, 2.24) is 0 Å². The molecule has 34 valence electrons. The van der Waals surface area contributed by atoms with E-state index >= 15 is 0 Å². The van der Waals surface area contributed by atoms with E-state index in [0.717, 1.165) is 0 Å². The summed E-state index contributed by atoms with van der Waals surface area (Å²) in [5, 5.41) is 0. The fourth-order valence-corrected chi connectivity index (χ4v) is 0.153. The number of rotatable bonds is 2. The first-order chi connectivity index (χ1) is 4.54. The summed E-state index contributed by atoms with van der Waals surface area (Å²) in [5.41, 5.74) is 0. The number of hydrogen-bond acceptors (Lipinski definition) is 0. The van der Waals surface area contributed by atoms with Gasteiger partial charge in [0.2, 0.25) is 0 Å². The second-order valence-corrected chi connectivity index (χ2v) is 0.882. The minimum Gasteiger partial charge on any atom is -0.120 e. The maximum Gasteiger partial charge on any atom is 0.124 e. The Morgan fingerprint density at radius 2 is 3.00 bits per heavy atom. The first kappa shape index (κ1) is 1.58. The van der Waals surface area contributed by atoms with E-state index in [4.69, 9.17) is 5.48 Å². The number of terminal acetylenes is 1. The van der Waals surface area contributed by atoms with Crippen LogP contribution < -0.4 is 0 Å². The Bertz CT molecular complexity index is 153. The molecule has 0 saturated carbocycles. The Balaban J connectivity index is 4.18. The quantitative estimate of drug-likeness (QED) is 0.449. The molecule has 1 atom stereocenters. The van der Waals surface area contributed by atoms with Gasteiger partial charge < -0.3 is 0 Å². The molecule has 6 heavy (non-hydrogen) atoms. The van der Waals surface area contributed by atoms with Crippen molar-refractivity contribution in [2.45, 2.75) is 26.1 Å². The van der Waals surface area contributed by atoms with Crippen molar-refractivity contribution >= 4 is 0 Å². The lowest BCUT2D eigenvalue weighted by Gasteiger charge is -1.79. The molecular formula is C6H10. The lowest BCUT2D eigenvalue weighted by Crippen LogP contribution is -1.62. The molecule has 1 unspecified atom stereocenters. The van der Waals surface area contributed by atoms with E-state index in [2.05, 4.69) is 0 Å². The van der Waals surface area contributed by atoms with E-state index in [1.54, 1.807) is 13.3 Å². The third kappa shape index (κ3) is 3.56. The van der Waals surface area contributed by atoms with Crippen molar-refractivity contribution in [2.75, 3.05) is 0 Å². The molecule has 0 aliphatic heterocycles. The second kappa shape index (κ2) is 4.56. The molecular weight excluding hydrogens is 72.1 g/mol. The van der Waals surface area contributed by atoms with E-state index in [0.29, 0.717) is 6.42 Å². The first-order valence-electron chi connectivity index (χ1n) is 3.98. The molecule has 0 radical (unpaired) electrons. The van der Waals surface area contributed by atoms with Crippen molar-refractivity contribution in [2.24, 2.45) is 0 Å². The van der Waals surface area contributed by atoms with Gasteiger partial charge in [-0.05, 0) is 6.40 Å². The lowest BCUT2D eigenvalue weighted by atomic mass is 10.3. The normalized spacial score (nSPS) is 23.5. The van der Waals surface area contributed by atoms with Gasteiger partial charge in [-0.25, -0.2) is 0 Å². The zero-order valence-electron chi connectivity index (χ0n) is 7.78. The molecule has 0 bridgehead atoms. The Morgan fingerprint density at radius 3 is 3.50 bits per heavy atom. The van der Waals surface area contributed by atoms with E-state index in [1.807, 2.05) is 5.92 Å². The molecule has 0 rings (SSSR count). The van der Waals surface area contributed by atoms with Crippen LogP contribution in [0.2, 0.25) is 0 Å². The largest absolute Gasteiger partial charge is 0.124 e. The summed E-state index contributed by atoms with van der Waals surface area (Å²) in [4.78, 5) is 0. The summed E-state index contributed by atoms with van der Waals surface area (Å²) >= 11 is 0. The van der Waals surface area contributed by atoms with Gasteiger partial charge in [0, 0.05) is 10.5 Å². The Labute approximate surface area is 45.2 Å². The monoisotopic (exact) mass is 86.1 g/mol. The average molecular weight is 86.2 g/mol. The predicted octanol–water partition coefficient (Wildman–Crippen LogP) is 1.81. The van der Waals surface area contributed by atoms with Gasteiger partial charge in [0.1, 0.15) is 1.37 Å². The van der Waals surface area contributed by atoms with Gasteiger partial charge in [0.15, 0.2) is 0 Å². The van der Waals surface area contributed by atoms with Gasteiger partial charge >= 0.3 is 0 Å². The molecule has 0 heteroatoms. The topological polar surface area (TPSA) is 0 Å². The fourth-order valence-electron chi connectivity index (χ4n) is 0.153. The van der Waals surface area contributed by atoms with Gasteiger partial charge in [-0.3, -0.25) is 0 Å². The minimum absolute atomic E-state index is 0.418. The van der Waals surface area contributed by atoms with Crippen LogP contribution in [-0.2, 0) is 0 Å². The maximum atomic E-state index is 7.17. The molecule has 0 nitrogen and oxygen atoms in total. The highest BCUT2D eigenvalue weighted by Gasteiger charge is 1.71. The third-order valence-electron chi connectivity index (χ3n) is 0.378. The summed E-state index contributed by atoms with van der Waals surface area (Å²) in [5.74, 6) is 2.04. The second-order valence-electron chi connectivity index (χ2n) is 0.882. The highest BCUT2D eigenvalue weighted by Crippen LogP contribution is 1.88. The van der Waals surface area contributed by atoms with E-state index in [9.17, 15) is 0 Å². The van der Waals surface area contributed by atoms with E-state index in [1.165, 1.54) is 0 Å². The predicted molar refractivity (Wildman–Crippen MR) is 28.4 cm³/mol. The summed E-state index contributed by atoms with van der Waals surface area (Å²) in [6, 6.07) is 0. The third-order valence-corrected chi connectivity index (χ3v) is 0.378. The van der Waals surface area contributed by atoms with Crippen LogP contribution in [0.15, 0.2) is 0 Å². The van der Waals surface area contributed by atoms with Gasteiger partial charge in [0.25, 0.3) is 0 Å². The van der Waals surface area contributed by atoms with Gasteiger partial charge in [-0.2, -0.15) is 0 Å². The van der Waals surface area contributed by atoms with E-state index in [-0.39, 0.29) is 0 Å². The molecule has 0 aliphatic carbocycles. The summed E-state index contributed by atoms with van der Waals surface area (Å²) in [6.45, 7) is 1.72. The smallest absolute Gasteiger partial charge is 0.120 e. The number of hydrogen-bond donors (Lipinski definition) is 0. The molecule has 0 aromatic heterocycles. The zero-order valence-corrected chi connectivity index (χ0v) is 3.78. The summed E-state index contributed by atoms with van der Waals surface area (Å²) < 4.78 is 27.8. The molecule has 0 fully saturated rings. The summed E-state index contributed by atoms with van der Waals surface area (Å²) in [7, 11) is 0. The van der Waals surface area contributed by atoms with Crippen LogP contribution in [0, 0.1) is 12.3 Å². The van der Waals surface area contributed by atoms with Crippen LogP contribution in [-0.4, -0.2) is 0 Å². The fraction of sp³-hybridized carbons (Fsp3) is 0.667. The Hall–Kier alpha value is -0.440. The molecule has 0 N–H and O–H groups in total. The molecule has 0 aromatic rings. The van der Waals surface area contributed by atoms with Gasteiger partial charge in [-0.1, -0.05) is 13.3 Å². The molecule has 0 amide bonds. The van der Waals surface area contributed by atoms with Crippen molar-refractivity contribution in [3.63, 3.8) is 0 Å². The van der Waals surface area contributed by atoms with Crippen molar-refractivity contribution in [3.05, 3.63) is 0 Å². The van der Waals surface area contributed by atoms with Crippen molar-refractivity contribution < 1.29 is 5.48 Å². The van der Waals surface area contributed by atoms with Crippen LogP contribution in [0.25, 0.3) is 0 Å². The molecule has 0 saturated heterocycles. The highest BCUT2D eigenvalue weighted by atomic mass is 13.8. The molecule has 0 spiro atoms. The van der Waals surface area contributed by atoms with Crippen LogP contribution in [0.3, 0.4) is 0 Å². The Morgan fingerprint density at radius 1 is 2.17 bits per heavy atom. The highest BCUT2D eigenvalue weighted by molar-refractivity contribution is 4.82. The zero-order chi connectivity index (χ0) is 8.20. The van der Waals surface area contributed by atoms with Crippen molar-refractivity contribution in [3.8, 4) is 12.3 Å². The molecule has 0 heterocycles. The van der Waals surface area contributed by atoms with Crippen LogP contribution in [0.4, 0.5) is 0 Å². The SMILES string of the molecule is [2H]C#CC([2H])([2H])C([2H])CC. The van der Waals surface area contributed by atoms with Crippen LogP contribution in [0.5, 0.6) is 0 Å². The first-order valence-corrected chi connectivity index (χ1v) is 1.90. The van der Waals surface area contributed by atoms with Gasteiger partial charge in [0.05, 0.1) is 0 Å². The minimum atomic E-state index is -1.82. The Kier molecular flexibility index (Phi) is 1.20. The maximum absolute atomic E-state index is 7.17. The lowest BCUT2D eigenvalue weighted by molar-refractivity contribution is 0.828. The van der Waals surface area contributed by atoms with Crippen LogP contribution >= 0.6 is 0 Å².